The standard InChI is InChI=1S/C15H18N2O2/c1-16-15-8-5-13(9-17-15)11-19-10-12-3-6-14(18-2)7-4-12/h3-9H,10-11H2,1-2H3,(H,16,17). The Morgan fingerprint density at radius 2 is 1.68 bits per heavy atom. The zero-order valence-corrected chi connectivity index (χ0v) is 11.2. The summed E-state index contributed by atoms with van der Waals surface area (Å²) in [5.41, 5.74) is 2.19. The molecular formula is C15H18N2O2. The van der Waals surface area contributed by atoms with Crippen molar-refractivity contribution in [3.05, 3.63) is 53.7 Å². The molecule has 1 aromatic carbocycles. The van der Waals surface area contributed by atoms with E-state index in [2.05, 4.69) is 10.3 Å². The minimum absolute atomic E-state index is 0.559. The number of anilines is 1. The van der Waals surface area contributed by atoms with Crippen LogP contribution in [0.1, 0.15) is 11.1 Å². The first-order valence-corrected chi connectivity index (χ1v) is 6.15. The minimum atomic E-state index is 0.559. The van der Waals surface area contributed by atoms with Crippen molar-refractivity contribution in [1.82, 2.24) is 4.98 Å². The first-order chi connectivity index (χ1) is 9.31. The normalized spacial score (nSPS) is 10.2. The van der Waals surface area contributed by atoms with Crippen molar-refractivity contribution in [2.24, 2.45) is 0 Å². The van der Waals surface area contributed by atoms with Crippen LogP contribution in [0.3, 0.4) is 0 Å². The SMILES string of the molecule is CNc1ccc(COCc2ccc(OC)cc2)cn1. The van der Waals surface area contributed by atoms with Crippen LogP contribution in [0.2, 0.25) is 0 Å². The van der Waals surface area contributed by atoms with E-state index in [1.807, 2.05) is 49.6 Å². The van der Waals surface area contributed by atoms with Crippen LogP contribution in [-0.2, 0) is 18.0 Å². The number of nitrogens with one attached hydrogen (secondary N) is 1. The summed E-state index contributed by atoms with van der Waals surface area (Å²) in [5, 5.41) is 2.98. The number of ether oxygens (including phenoxy) is 2. The quantitative estimate of drug-likeness (QED) is 0.865. The van der Waals surface area contributed by atoms with Gasteiger partial charge in [0.2, 0.25) is 0 Å². The predicted molar refractivity (Wildman–Crippen MR) is 75.3 cm³/mol. The second kappa shape index (κ2) is 6.75. The Labute approximate surface area is 113 Å². The summed E-state index contributed by atoms with van der Waals surface area (Å²) < 4.78 is 10.8. The largest absolute Gasteiger partial charge is 0.497 e. The van der Waals surface area contributed by atoms with E-state index >= 15 is 0 Å². The molecule has 0 saturated carbocycles. The van der Waals surface area contributed by atoms with Crippen LogP contribution >= 0.6 is 0 Å². The van der Waals surface area contributed by atoms with E-state index in [0.717, 1.165) is 22.7 Å². The highest BCUT2D eigenvalue weighted by Gasteiger charge is 1.97. The van der Waals surface area contributed by atoms with Gasteiger partial charge in [0.15, 0.2) is 0 Å². The fraction of sp³-hybridized carbons (Fsp3) is 0.267. The van der Waals surface area contributed by atoms with Crippen molar-refractivity contribution in [2.45, 2.75) is 13.2 Å². The summed E-state index contributed by atoms with van der Waals surface area (Å²) in [6.07, 6.45) is 1.82. The highest BCUT2D eigenvalue weighted by Crippen LogP contribution is 2.13. The number of nitrogens with zero attached hydrogens (tertiary/aromatic N) is 1. The molecule has 1 aromatic heterocycles. The number of methoxy groups -OCH3 is 1. The van der Waals surface area contributed by atoms with Gasteiger partial charge >= 0.3 is 0 Å². The topological polar surface area (TPSA) is 43.4 Å². The minimum Gasteiger partial charge on any atom is -0.497 e. The van der Waals surface area contributed by atoms with Gasteiger partial charge in [-0.2, -0.15) is 0 Å². The molecule has 0 saturated heterocycles. The van der Waals surface area contributed by atoms with Gasteiger partial charge in [0.25, 0.3) is 0 Å². The number of hydrogen-bond acceptors (Lipinski definition) is 4. The van der Waals surface area contributed by atoms with E-state index in [0.29, 0.717) is 13.2 Å². The maximum atomic E-state index is 5.65. The van der Waals surface area contributed by atoms with Gasteiger partial charge in [0, 0.05) is 13.2 Å². The average molecular weight is 258 g/mol. The van der Waals surface area contributed by atoms with Crippen molar-refractivity contribution in [2.75, 3.05) is 19.5 Å². The lowest BCUT2D eigenvalue weighted by Crippen LogP contribution is -1.97. The van der Waals surface area contributed by atoms with Gasteiger partial charge < -0.3 is 14.8 Å². The maximum Gasteiger partial charge on any atom is 0.125 e. The molecule has 4 heteroatoms. The molecule has 0 radical (unpaired) electrons. The number of benzene rings is 1. The molecule has 0 amide bonds. The van der Waals surface area contributed by atoms with E-state index in [-0.39, 0.29) is 0 Å². The lowest BCUT2D eigenvalue weighted by molar-refractivity contribution is 0.107. The molecule has 0 bridgehead atoms. The lowest BCUT2D eigenvalue weighted by atomic mass is 10.2. The first kappa shape index (κ1) is 13.4. The van der Waals surface area contributed by atoms with E-state index in [4.69, 9.17) is 9.47 Å². The molecule has 1 heterocycles. The van der Waals surface area contributed by atoms with Crippen LogP contribution < -0.4 is 10.1 Å². The van der Waals surface area contributed by atoms with E-state index in [9.17, 15) is 0 Å². The third-order valence-electron chi connectivity index (χ3n) is 2.78. The summed E-state index contributed by atoms with van der Waals surface area (Å²) in [6, 6.07) is 11.8. The smallest absolute Gasteiger partial charge is 0.125 e. The molecule has 0 unspecified atom stereocenters. The van der Waals surface area contributed by atoms with Crippen molar-refractivity contribution in [1.29, 1.82) is 0 Å². The molecule has 0 fully saturated rings. The Bertz CT molecular complexity index is 447. The van der Waals surface area contributed by atoms with E-state index < -0.39 is 0 Å². The van der Waals surface area contributed by atoms with Crippen molar-refractivity contribution >= 4 is 5.82 Å². The van der Waals surface area contributed by atoms with Crippen molar-refractivity contribution < 1.29 is 9.47 Å². The van der Waals surface area contributed by atoms with E-state index in [1.165, 1.54) is 0 Å². The van der Waals surface area contributed by atoms with Gasteiger partial charge in [0.1, 0.15) is 11.6 Å². The lowest BCUT2D eigenvalue weighted by Gasteiger charge is -2.06. The molecule has 0 atom stereocenters. The molecular weight excluding hydrogens is 240 g/mol. The summed E-state index contributed by atoms with van der Waals surface area (Å²) in [4.78, 5) is 4.24. The number of rotatable bonds is 6. The van der Waals surface area contributed by atoms with Crippen LogP contribution in [0.25, 0.3) is 0 Å². The number of hydrogen-bond donors (Lipinski definition) is 1. The zero-order chi connectivity index (χ0) is 13.5. The Balaban J connectivity index is 1.81. The van der Waals surface area contributed by atoms with Gasteiger partial charge in [-0.1, -0.05) is 18.2 Å². The van der Waals surface area contributed by atoms with Crippen LogP contribution in [0.4, 0.5) is 5.82 Å². The fourth-order valence-corrected chi connectivity index (χ4v) is 1.67. The van der Waals surface area contributed by atoms with Gasteiger partial charge in [0.05, 0.1) is 20.3 Å². The molecule has 100 valence electrons. The molecule has 2 aromatic rings. The van der Waals surface area contributed by atoms with Crippen LogP contribution in [-0.4, -0.2) is 19.1 Å². The third-order valence-corrected chi connectivity index (χ3v) is 2.78. The van der Waals surface area contributed by atoms with E-state index in [1.54, 1.807) is 7.11 Å². The average Bonchev–Trinajstić information content (AvgIpc) is 2.49. The second-order valence-electron chi connectivity index (χ2n) is 4.14. The Hall–Kier alpha value is -2.07. The summed E-state index contributed by atoms with van der Waals surface area (Å²) in [7, 11) is 3.51. The molecule has 19 heavy (non-hydrogen) atoms. The second-order valence-corrected chi connectivity index (χ2v) is 4.14. The summed E-state index contributed by atoms with van der Waals surface area (Å²) in [5.74, 6) is 1.72. The molecule has 0 aliphatic heterocycles. The Morgan fingerprint density at radius 1 is 1.00 bits per heavy atom. The Kier molecular flexibility index (Phi) is 4.75. The molecule has 4 nitrogen and oxygen atoms in total. The van der Waals surface area contributed by atoms with Crippen LogP contribution in [0.15, 0.2) is 42.6 Å². The Morgan fingerprint density at radius 3 is 2.26 bits per heavy atom. The highest BCUT2D eigenvalue weighted by molar-refractivity contribution is 5.34. The van der Waals surface area contributed by atoms with Crippen molar-refractivity contribution in [3.8, 4) is 5.75 Å². The highest BCUT2D eigenvalue weighted by atomic mass is 16.5. The monoisotopic (exact) mass is 258 g/mol. The third kappa shape index (κ3) is 3.96. The maximum absolute atomic E-state index is 5.65. The number of pyridine rings is 1. The number of aromatic nitrogens is 1. The molecule has 1 N–H and O–H groups in total. The first-order valence-electron chi connectivity index (χ1n) is 6.15. The van der Waals surface area contributed by atoms with Crippen LogP contribution in [0, 0.1) is 0 Å². The van der Waals surface area contributed by atoms with Crippen molar-refractivity contribution in [3.63, 3.8) is 0 Å². The van der Waals surface area contributed by atoms with Gasteiger partial charge in [-0.25, -0.2) is 4.98 Å². The predicted octanol–water partition coefficient (Wildman–Crippen LogP) is 2.85. The van der Waals surface area contributed by atoms with Crippen LogP contribution in [0.5, 0.6) is 5.75 Å². The summed E-state index contributed by atoms with van der Waals surface area (Å²) in [6.45, 7) is 1.14. The van der Waals surface area contributed by atoms with Gasteiger partial charge in [-0.15, -0.1) is 0 Å². The van der Waals surface area contributed by atoms with Gasteiger partial charge in [-0.05, 0) is 29.3 Å². The zero-order valence-electron chi connectivity index (χ0n) is 11.2. The summed E-state index contributed by atoms with van der Waals surface area (Å²) >= 11 is 0. The molecule has 2 rings (SSSR count). The van der Waals surface area contributed by atoms with Gasteiger partial charge in [-0.3, -0.25) is 0 Å². The molecule has 0 aliphatic rings. The fourth-order valence-electron chi connectivity index (χ4n) is 1.67. The molecule has 0 aliphatic carbocycles. The molecule has 0 spiro atoms.